The van der Waals surface area contributed by atoms with Crippen molar-refractivity contribution in [1.29, 1.82) is 0 Å². The Bertz CT molecular complexity index is 750. The maximum atomic E-state index is 12.8. The number of ether oxygens (including phenoxy) is 1. The standard InChI is InChI=1S/C17H24N6O2/c1-25-15-6-14(9-21-5-4-16(18)20-21)23(10-15)17(24)11-22-8-13(7-19-22)12-2-3-12/h4-5,7-8,12,14-15H,2-3,6,9-11H2,1H3,(H2,18,20)/t14-,15-/m0/s1. The Morgan fingerprint density at radius 1 is 1.40 bits per heavy atom. The van der Waals surface area contributed by atoms with Crippen LogP contribution in [0, 0.1) is 0 Å². The van der Waals surface area contributed by atoms with Crippen LogP contribution in [-0.2, 0) is 22.6 Å². The second kappa shape index (κ2) is 6.51. The van der Waals surface area contributed by atoms with Gasteiger partial charge in [-0.05, 0) is 36.8 Å². The van der Waals surface area contributed by atoms with Gasteiger partial charge < -0.3 is 15.4 Å². The summed E-state index contributed by atoms with van der Waals surface area (Å²) < 4.78 is 9.03. The quantitative estimate of drug-likeness (QED) is 0.839. The molecule has 1 saturated heterocycles. The lowest BCUT2D eigenvalue weighted by Crippen LogP contribution is -2.40. The molecule has 2 N–H and O–H groups in total. The van der Waals surface area contributed by atoms with Crippen LogP contribution in [0.2, 0.25) is 0 Å². The monoisotopic (exact) mass is 344 g/mol. The summed E-state index contributed by atoms with van der Waals surface area (Å²) in [4.78, 5) is 14.7. The van der Waals surface area contributed by atoms with E-state index in [9.17, 15) is 4.79 Å². The van der Waals surface area contributed by atoms with Gasteiger partial charge in [-0.2, -0.15) is 10.2 Å². The smallest absolute Gasteiger partial charge is 0.244 e. The summed E-state index contributed by atoms with van der Waals surface area (Å²) in [7, 11) is 1.69. The molecule has 1 aliphatic heterocycles. The minimum atomic E-state index is 0.0511. The zero-order valence-corrected chi connectivity index (χ0v) is 14.4. The second-order valence-corrected chi connectivity index (χ2v) is 7.00. The summed E-state index contributed by atoms with van der Waals surface area (Å²) in [6, 6.07) is 1.81. The number of aromatic nitrogens is 4. The fourth-order valence-electron chi connectivity index (χ4n) is 3.54. The Morgan fingerprint density at radius 3 is 2.92 bits per heavy atom. The molecule has 0 spiro atoms. The van der Waals surface area contributed by atoms with Crippen LogP contribution in [0.15, 0.2) is 24.7 Å². The van der Waals surface area contributed by atoms with E-state index < -0.39 is 0 Å². The number of carbonyl (C=O) groups excluding carboxylic acids is 1. The lowest BCUT2D eigenvalue weighted by molar-refractivity contribution is -0.133. The molecule has 0 unspecified atom stereocenters. The number of nitrogens with zero attached hydrogens (tertiary/aromatic N) is 5. The highest BCUT2D eigenvalue weighted by Gasteiger charge is 2.36. The van der Waals surface area contributed by atoms with Gasteiger partial charge >= 0.3 is 0 Å². The van der Waals surface area contributed by atoms with E-state index in [-0.39, 0.29) is 24.6 Å². The number of hydrogen-bond acceptors (Lipinski definition) is 5. The summed E-state index contributed by atoms with van der Waals surface area (Å²) in [5, 5.41) is 8.57. The molecule has 25 heavy (non-hydrogen) atoms. The molecule has 2 aromatic heterocycles. The molecule has 0 bridgehead atoms. The number of hydrogen-bond donors (Lipinski definition) is 1. The maximum Gasteiger partial charge on any atom is 0.244 e. The normalized spacial score (nSPS) is 23.3. The molecule has 134 valence electrons. The molecule has 1 aliphatic carbocycles. The SMILES string of the molecule is CO[C@H]1C[C@@H](Cn2ccc(N)n2)N(C(=O)Cn2cc(C3CC3)cn2)C1. The summed E-state index contributed by atoms with van der Waals surface area (Å²) in [5.74, 6) is 1.20. The van der Waals surface area contributed by atoms with Crippen molar-refractivity contribution in [2.24, 2.45) is 0 Å². The fourth-order valence-corrected chi connectivity index (χ4v) is 3.54. The highest BCUT2D eigenvalue weighted by atomic mass is 16.5. The van der Waals surface area contributed by atoms with Crippen molar-refractivity contribution >= 4 is 11.7 Å². The maximum absolute atomic E-state index is 12.8. The predicted molar refractivity (Wildman–Crippen MR) is 91.8 cm³/mol. The van der Waals surface area contributed by atoms with Crippen LogP contribution in [0.5, 0.6) is 0 Å². The average molecular weight is 344 g/mol. The molecule has 2 aromatic rings. The van der Waals surface area contributed by atoms with E-state index in [0.29, 0.717) is 24.8 Å². The van der Waals surface area contributed by atoms with E-state index in [1.807, 2.05) is 23.5 Å². The molecule has 1 saturated carbocycles. The molecule has 0 aromatic carbocycles. The van der Waals surface area contributed by atoms with Gasteiger partial charge in [0, 0.05) is 26.0 Å². The first-order valence-electron chi connectivity index (χ1n) is 8.76. The Labute approximate surface area is 146 Å². The molecule has 0 radical (unpaired) electrons. The van der Waals surface area contributed by atoms with Gasteiger partial charge in [-0.3, -0.25) is 14.2 Å². The van der Waals surface area contributed by atoms with Crippen molar-refractivity contribution in [3.8, 4) is 0 Å². The fraction of sp³-hybridized carbons (Fsp3) is 0.588. The molecule has 3 heterocycles. The molecule has 4 rings (SSSR count). The zero-order chi connectivity index (χ0) is 17.4. The van der Waals surface area contributed by atoms with Gasteiger partial charge in [0.2, 0.25) is 5.91 Å². The van der Waals surface area contributed by atoms with Crippen molar-refractivity contribution < 1.29 is 9.53 Å². The van der Waals surface area contributed by atoms with E-state index in [1.54, 1.807) is 22.5 Å². The Morgan fingerprint density at radius 2 is 2.24 bits per heavy atom. The molecular formula is C17H24N6O2. The summed E-state index contributed by atoms with van der Waals surface area (Å²) >= 11 is 0. The van der Waals surface area contributed by atoms with Crippen LogP contribution in [-0.4, -0.2) is 56.2 Å². The molecule has 2 atom stereocenters. The van der Waals surface area contributed by atoms with E-state index >= 15 is 0 Å². The molecule has 8 heteroatoms. The number of carbonyl (C=O) groups is 1. The van der Waals surface area contributed by atoms with Gasteiger partial charge in [0.15, 0.2) is 0 Å². The average Bonchev–Trinajstić information content (AvgIpc) is 3.00. The van der Waals surface area contributed by atoms with Crippen molar-refractivity contribution in [1.82, 2.24) is 24.5 Å². The second-order valence-electron chi connectivity index (χ2n) is 7.00. The number of likely N-dealkylation sites (tertiary alicyclic amines) is 1. The highest BCUT2D eigenvalue weighted by Crippen LogP contribution is 2.39. The van der Waals surface area contributed by atoms with Crippen LogP contribution in [0.3, 0.4) is 0 Å². The van der Waals surface area contributed by atoms with Gasteiger partial charge in [-0.25, -0.2) is 0 Å². The van der Waals surface area contributed by atoms with Gasteiger partial charge in [-0.15, -0.1) is 0 Å². The van der Waals surface area contributed by atoms with Crippen LogP contribution >= 0.6 is 0 Å². The number of methoxy groups -OCH3 is 1. The molecule has 2 aliphatic rings. The lowest BCUT2D eigenvalue weighted by Gasteiger charge is -2.24. The third kappa shape index (κ3) is 3.53. The third-order valence-corrected chi connectivity index (χ3v) is 5.09. The van der Waals surface area contributed by atoms with Crippen LogP contribution in [0.25, 0.3) is 0 Å². The topological polar surface area (TPSA) is 91.2 Å². The number of anilines is 1. The van der Waals surface area contributed by atoms with Gasteiger partial charge in [0.1, 0.15) is 12.4 Å². The van der Waals surface area contributed by atoms with Gasteiger partial charge in [0.25, 0.3) is 0 Å². The Kier molecular flexibility index (Phi) is 4.20. The van der Waals surface area contributed by atoms with Crippen molar-refractivity contribution in [3.05, 3.63) is 30.2 Å². The van der Waals surface area contributed by atoms with E-state index in [2.05, 4.69) is 10.2 Å². The minimum Gasteiger partial charge on any atom is -0.382 e. The van der Waals surface area contributed by atoms with Crippen molar-refractivity contribution in [3.63, 3.8) is 0 Å². The van der Waals surface area contributed by atoms with Gasteiger partial charge in [0.05, 0.1) is 24.9 Å². The number of rotatable bonds is 6. The first-order valence-corrected chi connectivity index (χ1v) is 8.76. The first-order chi connectivity index (χ1) is 12.1. The predicted octanol–water partition coefficient (Wildman–Crippen LogP) is 0.855. The van der Waals surface area contributed by atoms with Crippen molar-refractivity contribution in [2.75, 3.05) is 19.4 Å². The summed E-state index contributed by atoms with van der Waals surface area (Å²) in [6.07, 6.45) is 9.05. The molecule has 1 amide bonds. The summed E-state index contributed by atoms with van der Waals surface area (Å²) in [6.45, 7) is 1.49. The third-order valence-electron chi connectivity index (χ3n) is 5.09. The Hall–Kier alpha value is -2.35. The number of nitrogens with two attached hydrogens (primary N) is 1. The Balaban J connectivity index is 1.43. The zero-order valence-electron chi connectivity index (χ0n) is 14.4. The minimum absolute atomic E-state index is 0.0511. The van der Waals surface area contributed by atoms with E-state index in [0.717, 1.165) is 6.42 Å². The molecule has 8 nitrogen and oxygen atoms in total. The summed E-state index contributed by atoms with van der Waals surface area (Å²) in [5.41, 5.74) is 6.93. The van der Waals surface area contributed by atoms with Crippen LogP contribution in [0.4, 0.5) is 5.82 Å². The lowest BCUT2D eigenvalue weighted by atomic mass is 10.2. The number of amides is 1. The molecule has 2 fully saturated rings. The van der Waals surface area contributed by atoms with Gasteiger partial charge in [-0.1, -0.05) is 0 Å². The van der Waals surface area contributed by atoms with E-state index in [4.69, 9.17) is 10.5 Å². The molecular weight excluding hydrogens is 320 g/mol. The largest absolute Gasteiger partial charge is 0.382 e. The first kappa shape index (κ1) is 16.1. The van der Waals surface area contributed by atoms with Crippen LogP contribution < -0.4 is 5.73 Å². The van der Waals surface area contributed by atoms with E-state index in [1.165, 1.54) is 18.4 Å². The van der Waals surface area contributed by atoms with Crippen molar-refractivity contribution in [2.45, 2.75) is 50.4 Å². The highest BCUT2D eigenvalue weighted by molar-refractivity contribution is 5.76. The van der Waals surface area contributed by atoms with Crippen LogP contribution in [0.1, 0.15) is 30.7 Å². The number of nitrogen functional groups attached to an aromatic ring is 1.